The van der Waals surface area contributed by atoms with Crippen LogP contribution in [-0.2, 0) is 0 Å². The third kappa shape index (κ3) is 2.58. The van der Waals surface area contributed by atoms with Crippen LogP contribution < -0.4 is 4.90 Å². The summed E-state index contributed by atoms with van der Waals surface area (Å²) in [4.78, 5) is 2.17. The van der Waals surface area contributed by atoms with Crippen LogP contribution in [0.4, 0.5) is 5.69 Å². The zero-order valence-corrected chi connectivity index (χ0v) is 12.6. The second-order valence-corrected chi connectivity index (χ2v) is 5.74. The highest BCUT2D eigenvalue weighted by molar-refractivity contribution is 9.11. The highest BCUT2D eigenvalue weighted by Crippen LogP contribution is 2.33. The number of benzene rings is 1. The van der Waals surface area contributed by atoms with Gasteiger partial charge in [-0.1, -0.05) is 15.9 Å². The summed E-state index contributed by atoms with van der Waals surface area (Å²) in [5, 5.41) is 17.8. The Kier molecular flexibility index (Phi) is 4.06. The minimum absolute atomic E-state index is 0.253. The van der Waals surface area contributed by atoms with Gasteiger partial charge in [-0.3, -0.25) is 0 Å². The maximum atomic E-state index is 8.88. The van der Waals surface area contributed by atoms with Gasteiger partial charge in [-0.25, -0.2) is 0 Å². The Morgan fingerprint density at radius 2 is 1.94 bits per heavy atom. The highest BCUT2D eigenvalue weighted by atomic mass is 79.9. The predicted octanol–water partition coefficient (Wildman–Crippen LogP) is 3.77. The van der Waals surface area contributed by atoms with E-state index in [9.17, 15) is 0 Å². The van der Waals surface area contributed by atoms with E-state index < -0.39 is 0 Å². The number of hydrogen-bond donors (Lipinski definition) is 0. The van der Waals surface area contributed by atoms with Crippen molar-refractivity contribution in [3.8, 4) is 12.1 Å². The summed E-state index contributed by atoms with van der Waals surface area (Å²) in [5.41, 5.74) is 2.25. The van der Waals surface area contributed by atoms with Gasteiger partial charge in [0.15, 0.2) is 0 Å². The van der Waals surface area contributed by atoms with Gasteiger partial charge >= 0.3 is 0 Å². The number of nitrogens with zero attached hydrogens (tertiary/aromatic N) is 3. The monoisotopic (exact) mass is 365 g/mol. The van der Waals surface area contributed by atoms with Crippen LogP contribution in [0.3, 0.4) is 0 Å². The fourth-order valence-corrected chi connectivity index (χ4v) is 2.83. The van der Waals surface area contributed by atoms with E-state index in [1.165, 1.54) is 0 Å². The summed E-state index contributed by atoms with van der Waals surface area (Å²) in [7, 11) is 0. The zero-order valence-electron chi connectivity index (χ0n) is 9.45. The number of anilines is 1. The van der Waals surface area contributed by atoms with Crippen molar-refractivity contribution in [1.29, 1.82) is 10.5 Å². The molecule has 0 aromatic heterocycles. The first-order chi connectivity index (χ1) is 8.65. The molecule has 1 fully saturated rings. The van der Waals surface area contributed by atoms with Crippen molar-refractivity contribution in [1.82, 2.24) is 0 Å². The molecule has 0 atom stereocenters. The molecule has 0 N–H and O–H groups in total. The molecule has 0 bridgehead atoms. The van der Waals surface area contributed by atoms with E-state index >= 15 is 0 Å². The minimum atomic E-state index is 0.253. The van der Waals surface area contributed by atoms with Crippen molar-refractivity contribution in [2.24, 2.45) is 0 Å². The summed E-state index contributed by atoms with van der Waals surface area (Å²) < 4.78 is 2.03. The standard InChI is InChI=1S/C13H9Br2N3/c14-11-1-2-12(15)13(5-11)18-4-3-9(8-18)10(6-16)7-17/h1-2,5H,3-4,8H2. The lowest BCUT2D eigenvalue weighted by Crippen LogP contribution is -2.18. The third-order valence-corrected chi connectivity index (χ3v) is 4.06. The first-order valence-corrected chi connectivity index (χ1v) is 6.96. The molecule has 0 unspecified atom stereocenters. The quantitative estimate of drug-likeness (QED) is 0.711. The van der Waals surface area contributed by atoms with Crippen LogP contribution in [-0.4, -0.2) is 13.1 Å². The molecule has 90 valence electrons. The molecule has 3 nitrogen and oxygen atoms in total. The van der Waals surface area contributed by atoms with E-state index in [4.69, 9.17) is 10.5 Å². The lowest BCUT2D eigenvalue weighted by Gasteiger charge is -2.19. The predicted molar refractivity (Wildman–Crippen MR) is 76.9 cm³/mol. The van der Waals surface area contributed by atoms with Crippen molar-refractivity contribution in [3.63, 3.8) is 0 Å². The van der Waals surface area contributed by atoms with Gasteiger partial charge in [-0.05, 0) is 46.1 Å². The van der Waals surface area contributed by atoms with Gasteiger partial charge in [0.2, 0.25) is 0 Å². The number of rotatable bonds is 1. The van der Waals surface area contributed by atoms with Crippen LogP contribution in [0.2, 0.25) is 0 Å². The Morgan fingerprint density at radius 1 is 1.22 bits per heavy atom. The van der Waals surface area contributed by atoms with Crippen molar-refractivity contribution in [3.05, 3.63) is 38.3 Å². The summed E-state index contributed by atoms with van der Waals surface area (Å²) >= 11 is 6.97. The molecule has 1 aliphatic rings. The van der Waals surface area contributed by atoms with Crippen LogP contribution in [0.25, 0.3) is 0 Å². The lowest BCUT2D eigenvalue weighted by molar-refractivity contribution is 0.964. The molecule has 18 heavy (non-hydrogen) atoms. The van der Waals surface area contributed by atoms with Crippen LogP contribution >= 0.6 is 31.9 Å². The van der Waals surface area contributed by atoms with Gasteiger partial charge in [0.1, 0.15) is 17.7 Å². The maximum Gasteiger partial charge on any atom is 0.130 e. The molecule has 0 spiro atoms. The first-order valence-electron chi connectivity index (χ1n) is 5.38. The largest absolute Gasteiger partial charge is 0.366 e. The topological polar surface area (TPSA) is 50.8 Å². The molecule has 1 aliphatic heterocycles. The molecule has 0 radical (unpaired) electrons. The molecule has 5 heteroatoms. The van der Waals surface area contributed by atoms with Gasteiger partial charge in [0, 0.05) is 22.0 Å². The fraction of sp³-hybridized carbons (Fsp3) is 0.231. The van der Waals surface area contributed by atoms with Gasteiger partial charge < -0.3 is 4.90 Å². The molecule has 1 aromatic rings. The van der Waals surface area contributed by atoms with Crippen LogP contribution in [0.15, 0.2) is 38.3 Å². The Bertz CT molecular complexity index is 577. The average Bonchev–Trinajstić information content (AvgIpc) is 2.83. The summed E-state index contributed by atoms with van der Waals surface area (Å²) in [6.07, 6.45) is 0.773. The molecule has 1 aromatic carbocycles. The third-order valence-electron chi connectivity index (χ3n) is 2.89. The molecule has 0 aliphatic carbocycles. The van der Waals surface area contributed by atoms with E-state index in [0.29, 0.717) is 6.54 Å². The molecule has 1 heterocycles. The average molecular weight is 367 g/mol. The van der Waals surface area contributed by atoms with E-state index in [0.717, 1.165) is 33.2 Å². The van der Waals surface area contributed by atoms with Crippen molar-refractivity contribution < 1.29 is 0 Å². The summed E-state index contributed by atoms with van der Waals surface area (Å²) in [6, 6.07) is 9.91. The minimum Gasteiger partial charge on any atom is -0.366 e. The van der Waals surface area contributed by atoms with Gasteiger partial charge in [-0.15, -0.1) is 0 Å². The fourth-order valence-electron chi connectivity index (χ4n) is 1.98. The van der Waals surface area contributed by atoms with Crippen molar-refractivity contribution in [2.45, 2.75) is 6.42 Å². The van der Waals surface area contributed by atoms with Gasteiger partial charge in [-0.2, -0.15) is 10.5 Å². The summed E-state index contributed by atoms with van der Waals surface area (Å²) in [6.45, 7) is 1.47. The Labute approximate surface area is 123 Å². The van der Waals surface area contributed by atoms with E-state index in [-0.39, 0.29) is 5.57 Å². The smallest absolute Gasteiger partial charge is 0.130 e. The number of halogens is 2. The molecule has 0 saturated carbocycles. The SMILES string of the molecule is N#CC(C#N)=C1CCN(c2cc(Br)ccc2Br)C1. The Morgan fingerprint density at radius 3 is 2.61 bits per heavy atom. The zero-order chi connectivity index (χ0) is 13.1. The van der Waals surface area contributed by atoms with Gasteiger partial charge in [0.05, 0.1) is 5.69 Å². The van der Waals surface area contributed by atoms with Crippen molar-refractivity contribution >= 4 is 37.5 Å². The Hall–Kier alpha value is -1.30. The van der Waals surface area contributed by atoms with E-state index in [1.54, 1.807) is 0 Å². The molecule has 2 rings (SSSR count). The molecular formula is C13H9Br2N3. The normalized spacial score (nSPS) is 14.2. The van der Waals surface area contributed by atoms with Crippen LogP contribution in [0.5, 0.6) is 0 Å². The van der Waals surface area contributed by atoms with Crippen LogP contribution in [0.1, 0.15) is 6.42 Å². The van der Waals surface area contributed by atoms with E-state index in [1.807, 2.05) is 30.3 Å². The molecule has 0 amide bonds. The number of hydrogen-bond acceptors (Lipinski definition) is 3. The highest BCUT2D eigenvalue weighted by Gasteiger charge is 2.21. The lowest BCUT2D eigenvalue weighted by atomic mass is 10.1. The number of nitriles is 2. The van der Waals surface area contributed by atoms with Crippen LogP contribution in [0, 0.1) is 22.7 Å². The second kappa shape index (κ2) is 5.56. The first kappa shape index (κ1) is 13.1. The van der Waals surface area contributed by atoms with E-state index in [2.05, 4.69) is 36.8 Å². The maximum absolute atomic E-state index is 8.88. The summed E-state index contributed by atoms with van der Waals surface area (Å²) in [5.74, 6) is 0. The molecule has 1 saturated heterocycles. The van der Waals surface area contributed by atoms with Gasteiger partial charge in [0.25, 0.3) is 0 Å². The number of allylic oxidation sites excluding steroid dienone is 1. The molecular weight excluding hydrogens is 358 g/mol. The second-order valence-electron chi connectivity index (χ2n) is 3.97. The Balaban J connectivity index is 2.30. The van der Waals surface area contributed by atoms with Crippen molar-refractivity contribution in [2.75, 3.05) is 18.0 Å².